The Labute approximate surface area is 252 Å². The summed E-state index contributed by atoms with van der Waals surface area (Å²) in [5, 5.41) is 31.5. The van der Waals surface area contributed by atoms with E-state index in [1.54, 1.807) is 50.2 Å². The first kappa shape index (κ1) is 28.1. The van der Waals surface area contributed by atoms with Crippen LogP contribution in [-0.4, -0.2) is 68.4 Å². The zero-order valence-electron chi connectivity index (χ0n) is 23.9. The molecule has 3 aromatic carbocycles. The van der Waals surface area contributed by atoms with E-state index in [4.69, 9.17) is 19.9 Å². The Morgan fingerprint density at radius 2 is 1.77 bits per heavy atom. The van der Waals surface area contributed by atoms with Gasteiger partial charge in [-0.1, -0.05) is 24.3 Å². The maximum Gasteiger partial charge on any atom is 0.331 e. The molecule has 3 aliphatic heterocycles. The van der Waals surface area contributed by atoms with Crippen LogP contribution < -0.4 is 10.5 Å². The Balaban J connectivity index is 1.37. The molecule has 4 aliphatic rings. The number of phenolic OH excluding ortho intramolecular Hbond substituents is 1. The number of anilines is 1. The molecule has 2 saturated heterocycles. The zero-order chi connectivity index (χ0) is 31.0. The van der Waals surface area contributed by atoms with Crippen molar-refractivity contribution in [2.24, 2.45) is 0 Å². The number of phenols is 1. The van der Waals surface area contributed by atoms with Gasteiger partial charge in [0.2, 0.25) is 18.3 Å². The molecular formula is C33H30N2O9. The van der Waals surface area contributed by atoms with Crippen LogP contribution in [-0.2, 0) is 20.7 Å². The second kappa shape index (κ2) is 10.2. The molecule has 3 aromatic rings. The quantitative estimate of drug-likeness (QED) is 0.257. The lowest BCUT2D eigenvalue weighted by Crippen LogP contribution is -2.48. The number of carbonyl (C=O) groups excluding carboxylic acids is 3. The smallest absolute Gasteiger partial charge is 0.331 e. The number of hydrogen-bond donors (Lipinski definition) is 4. The molecule has 1 aliphatic carbocycles. The summed E-state index contributed by atoms with van der Waals surface area (Å²) >= 11 is 0. The number of ether oxygens (including phenoxy) is 3. The van der Waals surface area contributed by atoms with Crippen molar-refractivity contribution in [2.45, 2.75) is 63.6 Å². The number of nitrogen functional groups attached to an aromatic ring is 1. The molecule has 0 spiro atoms. The van der Waals surface area contributed by atoms with E-state index < -0.39 is 54.4 Å². The number of hydrogen-bond acceptors (Lipinski definition) is 11. The second-order valence-electron chi connectivity index (χ2n) is 11.6. The highest BCUT2D eigenvalue weighted by molar-refractivity contribution is 6.41. The molecule has 0 amide bonds. The maximum atomic E-state index is 14.6. The van der Waals surface area contributed by atoms with Gasteiger partial charge in [0.15, 0.2) is 5.78 Å². The summed E-state index contributed by atoms with van der Waals surface area (Å²) in [5.41, 5.74) is 8.34. The number of allylic oxidation sites excluding steroid dienone is 2. The van der Waals surface area contributed by atoms with Crippen LogP contribution >= 0.6 is 0 Å². The van der Waals surface area contributed by atoms with E-state index in [1.165, 1.54) is 23.1 Å². The average molecular weight is 599 g/mol. The molecule has 226 valence electrons. The van der Waals surface area contributed by atoms with E-state index in [-0.39, 0.29) is 52.3 Å². The van der Waals surface area contributed by atoms with Gasteiger partial charge in [0.05, 0.1) is 23.3 Å². The van der Waals surface area contributed by atoms with Crippen molar-refractivity contribution in [1.82, 2.24) is 4.90 Å². The predicted octanol–water partition coefficient (Wildman–Crippen LogP) is 2.79. The lowest BCUT2D eigenvalue weighted by atomic mass is 9.78. The zero-order valence-corrected chi connectivity index (χ0v) is 23.9. The fraction of sp³-hybridized carbons (Fsp3) is 0.303. The number of aliphatic hydroxyl groups is 2. The summed E-state index contributed by atoms with van der Waals surface area (Å²) < 4.78 is 17.6. The normalized spacial score (nSPS) is 27.4. The number of nitrogens with two attached hydrogens (primary N) is 1. The largest absolute Gasteiger partial charge is 0.507 e. The highest BCUT2D eigenvalue weighted by atomic mass is 16.7. The molecule has 11 nitrogen and oxygen atoms in total. The van der Waals surface area contributed by atoms with Crippen LogP contribution in [0.4, 0.5) is 5.69 Å². The minimum absolute atomic E-state index is 0.0231. The van der Waals surface area contributed by atoms with Crippen LogP contribution in [0, 0.1) is 6.92 Å². The summed E-state index contributed by atoms with van der Waals surface area (Å²) in [6.07, 6.45) is -4.91. The van der Waals surface area contributed by atoms with E-state index in [0.29, 0.717) is 16.8 Å². The van der Waals surface area contributed by atoms with Gasteiger partial charge in [-0.2, -0.15) is 0 Å². The Hall–Kier alpha value is -4.71. The average Bonchev–Trinajstić information content (AvgIpc) is 3.30. The number of esters is 1. The number of nitrogens with zero attached hydrogens (tertiary/aromatic N) is 1. The molecule has 0 aromatic heterocycles. The first-order chi connectivity index (χ1) is 21.0. The second-order valence-corrected chi connectivity index (χ2v) is 11.6. The summed E-state index contributed by atoms with van der Waals surface area (Å²) in [7, 11) is 0. The minimum Gasteiger partial charge on any atom is -0.507 e. The van der Waals surface area contributed by atoms with Crippen molar-refractivity contribution in [3.63, 3.8) is 0 Å². The topological polar surface area (TPSA) is 169 Å². The van der Waals surface area contributed by atoms with E-state index >= 15 is 0 Å². The molecule has 0 radical (unpaired) electrons. The fourth-order valence-electron chi connectivity index (χ4n) is 6.58. The van der Waals surface area contributed by atoms with Gasteiger partial charge < -0.3 is 40.2 Å². The highest BCUT2D eigenvalue weighted by Crippen LogP contribution is 2.52. The number of benzene rings is 3. The van der Waals surface area contributed by atoms with Crippen molar-refractivity contribution in [1.29, 1.82) is 0 Å². The number of carbonyl (C=O) groups is 3. The fourth-order valence-corrected chi connectivity index (χ4v) is 6.58. The lowest BCUT2D eigenvalue weighted by molar-refractivity contribution is -0.216. The first-order valence-corrected chi connectivity index (χ1v) is 14.4. The molecule has 0 bridgehead atoms. The molecule has 3 heterocycles. The van der Waals surface area contributed by atoms with Gasteiger partial charge in [-0.05, 0) is 55.3 Å². The molecular weight excluding hydrogens is 568 g/mol. The van der Waals surface area contributed by atoms with Gasteiger partial charge in [0, 0.05) is 35.2 Å². The van der Waals surface area contributed by atoms with E-state index in [9.17, 15) is 29.7 Å². The van der Waals surface area contributed by atoms with Crippen LogP contribution in [0.15, 0.2) is 60.3 Å². The van der Waals surface area contributed by atoms with E-state index in [0.717, 1.165) is 5.56 Å². The Bertz CT molecular complexity index is 1750. The molecule has 6 atom stereocenters. The molecule has 7 rings (SSSR count). The highest BCUT2D eigenvalue weighted by Gasteiger charge is 2.54. The van der Waals surface area contributed by atoms with Crippen molar-refractivity contribution in [3.8, 4) is 11.5 Å². The van der Waals surface area contributed by atoms with Crippen LogP contribution in [0.5, 0.6) is 11.5 Å². The van der Waals surface area contributed by atoms with Gasteiger partial charge in [0.25, 0.3) is 0 Å². The number of rotatable bonds is 4. The summed E-state index contributed by atoms with van der Waals surface area (Å²) in [6.45, 7) is 3.36. The summed E-state index contributed by atoms with van der Waals surface area (Å²) in [5.74, 6) is -1.87. The lowest BCUT2D eigenvalue weighted by Gasteiger charge is -2.39. The third-order valence-electron chi connectivity index (χ3n) is 8.67. The van der Waals surface area contributed by atoms with Gasteiger partial charge in [-0.15, -0.1) is 0 Å². The van der Waals surface area contributed by atoms with Gasteiger partial charge in [0.1, 0.15) is 29.3 Å². The van der Waals surface area contributed by atoms with Crippen LogP contribution in [0.3, 0.4) is 0 Å². The van der Waals surface area contributed by atoms with Crippen molar-refractivity contribution in [3.05, 3.63) is 93.7 Å². The Kier molecular flexibility index (Phi) is 6.50. The molecule has 0 saturated carbocycles. The van der Waals surface area contributed by atoms with Gasteiger partial charge in [-0.25, -0.2) is 4.79 Å². The van der Waals surface area contributed by atoms with Gasteiger partial charge >= 0.3 is 5.97 Å². The maximum absolute atomic E-state index is 14.6. The number of fused-ring (bicyclic) bond motifs is 6. The Morgan fingerprint density at radius 3 is 2.50 bits per heavy atom. The summed E-state index contributed by atoms with van der Waals surface area (Å²) in [4.78, 5) is 43.9. The first-order valence-electron chi connectivity index (χ1n) is 14.4. The number of aliphatic hydroxyl groups excluding tert-OH is 2. The number of Topliss-reactive ketones (excluding diaryl/α,β-unsaturated/α-hetero) is 2. The minimum atomic E-state index is -1.11. The van der Waals surface area contributed by atoms with Crippen LogP contribution in [0.2, 0.25) is 0 Å². The summed E-state index contributed by atoms with van der Waals surface area (Å²) in [6, 6.07) is 13.9. The van der Waals surface area contributed by atoms with Crippen molar-refractivity contribution >= 4 is 28.8 Å². The molecule has 11 heteroatoms. The molecule has 0 unspecified atom stereocenters. The van der Waals surface area contributed by atoms with E-state index in [2.05, 4.69) is 0 Å². The van der Waals surface area contributed by atoms with Crippen molar-refractivity contribution in [2.75, 3.05) is 5.73 Å². The standard InChI is InChI=1S/C33H30N2O9/c1-14-10-19-25(21(36)11-14)27-28(35-20(33(41)44-32(19)35)12-16-6-8-17(34)9-7-16)31(40)26-18(30(27)39)4-3-5-23(26)43-24-13-22(37)29(38)15(2)42-24/h3-11,15,20,22,24,29,32,36-38H,12-13,34H2,1-2H3/t15-,20-,22+,24-,29-,32-/m0/s1. The third kappa shape index (κ3) is 4.27. The number of ketones is 2. The molecule has 5 N–H and O–H groups in total. The van der Waals surface area contributed by atoms with Gasteiger partial charge in [-0.3, -0.25) is 9.59 Å². The SMILES string of the molecule is Cc1cc(O)c2c(c1)[C@@H]1OC(=O)[C@H](Cc3ccc(N)cc3)N1C1=C2C(=O)c2cccc(O[C@H]3C[C@@H](O)[C@@H](O)[C@H](C)O3)c2C1=O. The van der Waals surface area contributed by atoms with Crippen LogP contribution in [0.25, 0.3) is 5.57 Å². The number of aryl methyl sites for hydroxylation is 1. The molecule has 44 heavy (non-hydrogen) atoms. The predicted molar refractivity (Wildman–Crippen MR) is 155 cm³/mol. The molecule has 2 fully saturated rings. The van der Waals surface area contributed by atoms with E-state index in [1.807, 2.05) is 0 Å². The third-order valence-corrected chi connectivity index (χ3v) is 8.67. The van der Waals surface area contributed by atoms with Crippen LogP contribution in [0.1, 0.15) is 62.5 Å². The monoisotopic (exact) mass is 598 g/mol. The number of aromatic hydroxyl groups is 1. The Morgan fingerprint density at radius 1 is 1.02 bits per heavy atom. The van der Waals surface area contributed by atoms with Crippen molar-refractivity contribution < 1.29 is 43.9 Å².